The molecule has 0 radical (unpaired) electrons. The van der Waals surface area contributed by atoms with E-state index < -0.39 is 0 Å². The Labute approximate surface area is 190 Å². The second-order valence-corrected chi connectivity index (χ2v) is 8.76. The van der Waals surface area contributed by atoms with Gasteiger partial charge in [-0.05, 0) is 31.5 Å². The first-order valence-electron chi connectivity index (χ1n) is 10.7. The number of nitrogens with one attached hydrogen (secondary N) is 1. The zero-order chi connectivity index (χ0) is 22.2. The van der Waals surface area contributed by atoms with Gasteiger partial charge in [-0.2, -0.15) is 9.78 Å². The Morgan fingerprint density at radius 2 is 2.06 bits per heavy atom. The van der Waals surface area contributed by atoms with Gasteiger partial charge in [0.1, 0.15) is 5.82 Å². The van der Waals surface area contributed by atoms with E-state index >= 15 is 0 Å². The van der Waals surface area contributed by atoms with Crippen LogP contribution in [0, 0.1) is 6.92 Å². The Hall–Kier alpha value is -3.39. The molecule has 2 aromatic carbocycles. The largest absolute Gasteiger partial charge is 0.493 e. The Morgan fingerprint density at radius 3 is 2.84 bits per heavy atom. The van der Waals surface area contributed by atoms with E-state index in [2.05, 4.69) is 12.2 Å². The number of nitrogens with zero attached hydrogens (tertiary/aromatic N) is 3. The van der Waals surface area contributed by atoms with Crippen LogP contribution in [-0.4, -0.2) is 34.4 Å². The molecule has 1 atom stereocenters. The van der Waals surface area contributed by atoms with Gasteiger partial charge in [-0.3, -0.25) is 4.79 Å². The highest BCUT2D eigenvalue weighted by atomic mass is 32.1. The van der Waals surface area contributed by atoms with Crippen molar-refractivity contribution in [1.82, 2.24) is 14.8 Å². The molecule has 164 valence electrons. The molecule has 0 unspecified atom stereocenters. The third kappa shape index (κ3) is 3.40. The van der Waals surface area contributed by atoms with Crippen molar-refractivity contribution in [1.29, 1.82) is 0 Å². The Kier molecular flexibility index (Phi) is 5.30. The molecule has 7 nitrogen and oxygen atoms in total. The Morgan fingerprint density at radius 1 is 1.22 bits per heavy atom. The molecular weight excluding hydrogens is 424 g/mol. The highest BCUT2D eigenvalue weighted by Gasteiger charge is 2.35. The number of anilines is 1. The van der Waals surface area contributed by atoms with Crippen LogP contribution in [0.25, 0.3) is 15.3 Å². The number of hydrogen-bond donors (Lipinski definition) is 1. The van der Waals surface area contributed by atoms with Crippen molar-refractivity contribution in [2.45, 2.75) is 32.6 Å². The molecule has 1 aliphatic rings. The number of hydrogen-bond acceptors (Lipinski definition) is 6. The van der Waals surface area contributed by atoms with E-state index in [4.69, 9.17) is 19.6 Å². The van der Waals surface area contributed by atoms with Crippen molar-refractivity contribution in [2.24, 2.45) is 0 Å². The van der Waals surface area contributed by atoms with E-state index in [0.29, 0.717) is 30.3 Å². The summed E-state index contributed by atoms with van der Waals surface area (Å²) in [6, 6.07) is 13.8. The SMILES string of the molecule is CCCOc1c(OC)cccc1[C@@H]1CC(=O)Nc2c1c(C)nn2-c1nc2ccccc2s1. The van der Waals surface area contributed by atoms with Gasteiger partial charge in [-0.25, -0.2) is 4.98 Å². The lowest BCUT2D eigenvalue weighted by molar-refractivity contribution is -0.116. The number of carbonyl (C=O) groups is 1. The number of aromatic nitrogens is 3. The molecule has 0 bridgehead atoms. The van der Waals surface area contributed by atoms with E-state index in [1.165, 1.54) is 0 Å². The van der Waals surface area contributed by atoms with Crippen molar-refractivity contribution < 1.29 is 14.3 Å². The van der Waals surface area contributed by atoms with Crippen molar-refractivity contribution in [2.75, 3.05) is 19.0 Å². The van der Waals surface area contributed by atoms with Crippen LogP contribution in [0.15, 0.2) is 42.5 Å². The molecule has 5 rings (SSSR count). The molecule has 32 heavy (non-hydrogen) atoms. The summed E-state index contributed by atoms with van der Waals surface area (Å²) in [6.45, 7) is 4.61. The molecule has 0 aliphatic carbocycles. The average molecular weight is 449 g/mol. The highest BCUT2D eigenvalue weighted by Crippen LogP contribution is 2.46. The number of methoxy groups -OCH3 is 1. The van der Waals surface area contributed by atoms with Crippen LogP contribution in [0.5, 0.6) is 11.5 Å². The molecule has 4 aromatic rings. The molecule has 1 N–H and O–H groups in total. The zero-order valence-electron chi connectivity index (χ0n) is 18.2. The number of fused-ring (bicyclic) bond motifs is 2. The van der Waals surface area contributed by atoms with Crippen molar-refractivity contribution in [3.8, 4) is 16.6 Å². The first kappa shape index (κ1) is 20.5. The van der Waals surface area contributed by atoms with Crippen LogP contribution in [0.1, 0.15) is 42.5 Å². The quantitative estimate of drug-likeness (QED) is 0.446. The van der Waals surface area contributed by atoms with Crippen molar-refractivity contribution >= 4 is 33.3 Å². The molecule has 0 saturated heterocycles. The summed E-state index contributed by atoms with van der Waals surface area (Å²) >= 11 is 1.55. The lowest BCUT2D eigenvalue weighted by Crippen LogP contribution is -2.25. The first-order valence-corrected chi connectivity index (χ1v) is 11.5. The summed E-state index contributed by atoms with van der Waals surface area (Å²) in [5.74, 6) is 1.78. The fourth-order valence-corrected chi connectivity index (χ4v) is 5.15. The first-order chi connectivity index (χ1) is 15.6. The van der Waals surface area contributed by atoms with Crippen LogP contribution >= 0.6 is 11.3 Å². The molecule has 0 fully saturated rings. The van der Waals surface area contributed by atoms with Crippen LogP contribution in [0.2, 0.25) is 0 Å². The molecule has 1 amide bonds. The van der Waals surface area contributed by atoms with E-state index in [9.17, 15) is 4.79 Å². The third-order valence-electron chi connectivity index (χ3n) is 5.62. The predicted octanol–water partition coefficient (Wildman–Crippen LogP) is 5.06. The molecule has 0 spiro atoms. The summed E-state index contributed by atoms with van der Waals surface area (Å²) in [5.41, 5.74) is 3.68. The van der Waals surface area contributed by atoms with Crippen molar-refractivity contribution in [3.05, 3.63) is 59.3 Å². The van der Waals surface area contributed by atoms with Gasteiger partial charge in [0.05, 0.1) is 29.6 Å². The highest BCUT2D eigenvalue weighted by molar-refractivity contribution is 7.20. The minimum Gasteiger partial charge on any atom is -0.493 e. The number of rotatable bonds is 6. The molecular formula is C24H24N4O3S. The number of thiazole rings is 1. The summed E-state index contributed by atoms with van der Waals surface area (Å²) in [5, 5.41) is 8.55. The Bertz CT molecular complexity index is 1280. The van der Waals surface area contributed by atoms with E-state index in [1.54, 1.807) is 23.1 Å². The maximum absolute atomic E-state index is 12.8. The maximum atomic E-state index is 12.8. The van der Waals surface area contributed by atoms with Crippen LogP contribution < -0.4 is 14.8 Å². The monoisotopic (exact) mass is 448 g/mol. The van der Waals surface area contributed by atoms with Gasteiger partial charge in [0.25, 0.3) is 0 Å². The topological polar surface area (TPSA) is 78.3 Å². The van der Waals surface area contributed by atoms with Gasteiger partial charge in [0, 0.05) is 23.5 Å². The van der Waals surface area contributed by atoms with Gasteiger partial charge >= 0.3 is 0 Å². The minimum absolute atomic E-state index is 0.0611. The fourth-order valence-electron chi connectivity index (χ4n) is 4.23. The van der Waals surface area contributed by atoms with E-state index in [0.717, 1.165) is 38.6 Å². The number of aryl methyl sites for hydroxylation is 1. The van der Waals surface area contributed by atoms with Gasteiger partial charge in [0.15, 0.2) is 11.5 Å². The van der Waals surface area contributed by atoms with Crippen molar-refractivity contribution in [3.63, 3.8) is 0 Å². The predicted molar refractivity (Wildman–Crippen MR) is 125 cm³/mol. The molecule has 0 saturated carbocycles. The van der Waals surface area contributed by atoms with Gasteiger partial charge in [0.2, 0.25) is 11.0 Å². The minimum atomic E-state index is -0.191. The zero-order valence-corrected chi connectivity index (χ0v) is 19.0. The molecule has 2 aromatic heterocycles. The van der Waals surface area contributed by atoms with Gasteiger partial charge < -0.3 is 14.8 Å². The van der Waals surface area contributed by atoms with Gasteiger partial charge in [-0.15, -0.1) is 0 Å². The number of carbonyl (C=O) groups excluding carboxylic acids is 1. The maximum Gasteiger partial charge on any atom is 0.226 e. The second kappa shape index (κ2) is 8.27. The summed E-state index contributed by atoms with van der Waals surface area (Å²) < 4.78 is 14.5. The Balaban J connectivity index is 1.66. The van der Waals surface area contributed by atoms with Gasteiger partial charge in [-0.1, -0.05) is 42.5 Å². The van der Waals surface area contributed by atoms with E-state index in [-0.39, 0.29) is 11.8 Å². The fraction of sp³-hybridized carbons (Fsp3) is 0.292. The van der Waals surface area contributed by atoms with Crippen LogP contribution in [0.3, 0.4) is 0 Å². The number of amides is 1. The van der Waals surface area contributed by atoms with Crippen LogP contribution in [0.4, 0.5) is 5.82 Å². The summed E-state index contributed by atoms with van der Waals surface area (Å²) in [6.07, 6.45) is 1.19. The number of para-hydroxylation sites is 2. The smallest absolute Gasteiger partial charge is 0.226 e. The summed E-state index contributed by atoms with van der Waals surface area (Å²) in [4.78, 5) is 17.5. The number of benzene rings is 2. The lowest BCUT2D eigenvalue weighted by atomic mass is 9.85. The normalized spacial score (nSPS) is 15.5. The third-order valence-corrected chi connectivity index (χ3v) is 6.63. The lowest BCUT2D eigenvalue weighted by Gasteiger charge is -2.26. The molecule has 3 heterocycles. The molecule has 8 heteroatoms. The number of ether oxygens (including phenoxy) is 2. The molecule has 1 aliphatic heterocycles. The average Bonchev–Trinajstić information content (AvgIpc) is 3.37. The summed E-state index contributed by atoms with van der Waals surface area (Å²) in [7, 11) is 1.63. The van der Waals surface area contributed by atoms with Crippen LogP contribution in [-0.2, 0) is 4.79 Å². The second-order valence-electron chi connectivity index (χ2n) is 7.76. The standard InChI is InChI=1S/C24H24N4O3S/c1-4-12-31-22-15(8-7-10-18(22)30-3)16-13-20(29)26-23-21(16)14(2)27-28(23)24-25-17-9-5-6-11-19(17)32-24/h5-11,16H,4,12-13H2,1-3H3,(H,26,29)/t16-/m0/s1. The van der Waals surface area contributed by atoms with E-state index in [1.807, 2.05) is 49.4 Å².